The van der Waals surface area contributed by atoms with Gasteiger partial charge in [-0.05, 0) is 25.0 Å². The van der Waals surface area contributed by atoms with Gasteiger partial charge in [-0.25, -0.2) is 4.98 Å². The van der Waals surface area contributed by atoms with Crippen LogP contribution in [0.15, 0.2) is 30.5 Å². The van der Waals surface area contributed by atoms with Crippen molar-refractivity contribution < 1.29 is 9.53 Å². The molecule has 1 aromatic carbocycles. The summed E-state index contributed by atoms with van der Waals surface area (Å²) >= 11 is 0. The van der Waals surface area contributed by atoms with Crippen molar-refractivity contribution in [3.8, 4) is 0 Å². The molecule has 0 radical (unpaired) electrons. The number of hydrogen-bond acceptors (Lipinski definition) is 4. The van der Waals surface area contributed by atoms with Crippen molar-refractivity contribution in [2.75, 3.05) is 11.9 Å². The van der Waals surface area contributed by atoms with Gasteiger partial charge in [0.2, 0.25) is 5.91 Å². The minimum absolute atomic E-state index is 0.0495. The summed E-state index contributed by atoms with van der Waals surface area (Å²) in [5.74, 6) is 0.415. The number of fused-ring (bicyclic) bond motifs is 1. The molecule has 1 saturated heterocycles. The van der Waals surface area contributed by atoms with Crippen molar-refractivity contribution >= 4 is 22.8 Å². The Morgan fingerprint density at radius 2 is 2.21 bits per heavy atom. The molecule has 5 heteroatoms. The lowest BCUT2D eigenvalue weighted by Crippen LogP contribution is -2.19. The Kier molecular flexibility index (Phi) is 3.37. The molecule has 19 heavy (non-hydrogen) atoms. The quantitative estimate of drug-likeness (QED) is 0.915. The Bertz CT molecular complexity index is 594. The second-order valence-corrected chi connectivity index (χ2v) is 4.63. The number of para-hydroxylation sites is 2. The number of aromatic nitrogens is 2. The first kappa shape index (κ1) is 12.0. The van der Waals surface area contributed by atoms with E-state index in [1.165, 1.54) is 0 Å². The molecule has 1 N–H and O–H groups in total. The fraction of sp³-hybridized carbons (Fsp3) is 0.357. The normalized spacial score (nSPS) is 18.6. The Balaban J connectivity index is 1.68. The van der Waals surface area contributed by atoms with Crippen molar-refractivity contribution in [2.24, 2.45) is 0 Å². The molecule has 0 bridgehead atoms. The molecule has 5 nitrogen and oxygen atoms in total. The van der Waals surface area contributed by atoms with Crippen LogP contribution in [0.4, 0.5) is 5.82 Å². The fourth-order valence-corrected chi connectivity index (χ4v) is 2.22. The molecular weight excluding hydrogens is 242 g/mol. The molecule has 1 aliphatic heterocycles. The topological polar surface area (TPSA) is 64.1 Å². The van der Waals surface area contributed by atoms with E-state index < -0.39 is 0 Å². The van der Waals surface area contributed by atoms with Gasteiger partial charge in [-0.3, -0.25) is 9.78 Å². The maximum Gasteiger partial charge on any atom is 0.228 e. The number of hydrogen-bond donors (Lipinski definition) is 1. The Morgan fingerprint density at radius 1 is 1.37 bits per heavy atom. The number of ether oxygens (including phenoxy) is 1. The second-order valence-electron chi connectivity index (χ2n) is 4.63. The van der Waals surface area contributed by atoms with Gasteiger partial charge in [0.15, 0.2) is 5.82 Å². The highest BCUT2D eigenvalue weighted by molar-refractivity contribution is 5.90. The van der Waals surface area contributed by atoms with Crippen molar-refractivity contribution in [3.05, 3.63) is 30.5 Å². The molecule has 1 aliphatic rings. The van der Waals surface area contributed by atoms with Crippen LogP contribution >= 0.6 is 0 Å². The van der Waals surface area contributed by atoms with Gasteiger partial charge >= 0.3 is 0 Å². The van der Waals surface area contributed by atoms with E-state index in [2.05, 4.69) is 15.3 Å². The molecule has 0 spiro atoms. The molecule has 2 heterocycles. The van der Waals surface area contributed by atoms with E-state index >= 15 is 0 Å². The van der Waals surface area contributed by atoms with Gasteiger partial charge in [-0.2, -0.15) is 0 Å². The summed E-state index contributed by atoms with van der Waals surface area (Å²) in [5, 5.41) is 2.77. The Morgan fingerprint density at radius 3 is 3.00 bits per heavy atom. The minimum Gasteiger partial charge on any atom is -0.378 e. The number of rotatable bonds is 3. The lowest BCUT2D eigenvalue weighted by Gasteiger charge is -2.09. The predicted molar refractivity (Wildman–Crippen MR) is 71.8 cm³/mol. The zero-order valence-electron chi connectivity index (χ0n) is 10.5. The number of benzene rings is 1. The maximum atomic E-state index is 11.8. The van der Waals surface area contributed by atoms with Crippen LogP contribution in [-0.4, -0.2) is 28.6 Å². The first-order chi connectivity index (χ1) is 9.31. The molecule has 98 valence electrons. The third kappa shape index (κ3) is 2.88. The number of carbonyl (C=O) groups excluding carboxylic acids is 1. The first-order valence-corrected chi connectivity index (χ1v) is 6.44. The van der Waals surface area contributed by atoms with Gasteiger partial charge in [-0.15, -0.1) is 0 Å². The summed E-state index contributed by atoms with van der Waals surface area (Å²) in [7, 11) is 0. The highest BCUT2D eigenvalue weighted by Crippen LogP contribution is 2.16. The van der Waals surface area contributed by atoms with Gasteiger partial charge in [-0.1, -0.05) is 12.1 Å². The second kappa shape index (κ2) is 5.32. The van der Waals surface area contributed by atoms with Crippen LogP contribution in [-0.2, 0) is 9.53 Å². The molecule has 2 aromatic rings. The van der Waals surface area contributed by atoms with Crippen LogP contribution in [0.3, 0.4) is 0 Å². The third-order valence-electron chi connectivity index (χ3n) is 3.15. The van der Waals surface area contributed by atoms with Crippen molar-refractivity contribution in [3.63, 3.8) is 0 Å². The van der Waals surface area contributed by atoms with Crippen LogP contribution in [0.2, 0.25) is 0 Å². The van der Waals surface area contributed by atoms with Gasteiger partial charge in [0.1, 0.15) is 0 Å². The molecular formula is C14H15N3O2. The average Bonchev–Trinajstić information content (AvgIpc) is 2.91. The van der Waals surface area contributed by atoms with Crippen molar-refractivity contribution in [1.29, 1.82) is 0 Å². The van der Waals surface area contributed by atoms with Crippen LogP contribution < -0.4 is 5.32 Å². The molecule has 1 atom stereocenters. The van der Waals surface area contributed by atoms with Crippen LogP contribution in [0.1, 0.15) is 19.3 Å². The van der Waals surface area contributed by atoms with E-state index in [4.69, 9.17) is 4.74 Å². The monoisotopic (exact) mass is 257 g/mol. The predicted octanol–water partition coefficient (Wildman–Crippen LogP) is 2.14. The highest BCUT2D eigenvalue weighted by Gasteiger charge is 2.19. The molecule has 1 fully saturated rings. The SMILES string of the molecule is O=C(C[C@H]1CCCO1)Nc1cnc2ccccc2n1. The number of nitrogens with zero attached hydrogens (tertiary/aromatic N) is 2. The van der Waals surface area contributed by atoms with Crippen LogP contribution in [0.5, 0.6) is 0 Å². The van der Waals surface area contributed by atoms with E-state index in [-0.39, 0.29) is 12.0 Å². The number of anilines is 1. The van der Waals surface area contributed by atoms with Crippen molar-refractivity contribution in [2.45, 2.75) is 25.4 Å². The summed E-state index contributed by atoms with van der Waals surface area (Å²) in [6.45, 7) is 0.758. The fourth-order valence-electron chi connectivity index (χ4n) is 2.22. The van der Waals surface area contributed by atoms with E-state index in [0.717, 1.165) is 30.5 Å². The van der Waals surface area contributed by atoms with E-state index in [9.17, 15) is 4.79 Å². The largest absolute Gasteiger partial charge is 0.378 e. The first-order valence-electron chi connectivity index (χ1n) is 6.44. The Labute approximate surface area is 111 Å². The number of carbonyl (C=O) groups is 1. The summed E-state index contributed by atoms with van der Waals surface area (Å²) < 4.78 is 5.43. The Hall–Kier alpha value is -2.01. The molecule has 0 saturated carbocycles. The molecule has 0 unspecified atom stereocenters. The van der Waals surface area contributed by atoms with E-state index in [0.29, 0.717) is 12.2 Å². The zero-order valence-corrected chi connectivity index (χ0v) is 10.5. The molecule has 3 rings (SSSR count). The standard InChI is InChI=1S/C14H15N3O2/c18-14(8-10-4-3-7-19-10)17-13-9-15-11-5-1-2-6-12(11)16-13/h1-2,5-6,9-10H,3-4,7-8H2,(H,16,17,18)/t10-/m1/s1. The van der Waals surface area contributed by atoms with E-state index in [1.807, 2.05) is 24.3 Å². The minimum atomic E-state index is -0.0727. The van der Waals surface area contributed by atoms with Gasteiger partial charge in [0.25, 0.3) is 0 Å². The summed E-state index contributed by atoms with van der Waals surface area (Å²) in [5.41, 5.74) is 1.59. The smallest absolute Gasteiger partial charge is 0.228 e. The van der Waals surface area contributed by atoms with Gasteiger partial charge < -0.3 is 10.1 Å². The van der Waals surface area contributed by atoms with Crippen molar-refractivity contribution in [1.82, 2.24) is 9.97 Å². The van der Waals surface area contributed by atoms with Crippen LogP contribution in [0.25, 0.3) is 11.0 Å². The number of amides is 1. The summed E-state index contributed by atoms with van der Waals surface area (Å²) in [6, 6.07) is 7.57. The molecule has 1 amide bonds. The average molecular weight is 257 g/mol. The van der Waals surface area contributed by atoms with Gasteiger partial charge in [0.05, 0.1) is 29.8 Å². The summed E-state index contributed by atoms with van der Waals surface area (Å²) in [4.78, 5) is 20.5. The molecule has 0 aliphatic carbocycles. The molecule has 1 aromatic heterocycles. The lowest BCUT2D eigenvalue weighted by atomic mass is 10.2. The lowest BCUT2D eigenvalue weighted by molar-refractivity contribution is -0.118. The van der Waals surface area contributed by atoms with Gasteiger partial charge in [0, 0.05) is 6.61 Å². The zero-order chi connectivity index (χ0) is 13.1. The van der Waals surface area contributed by atoms with E-state index in [1.54, 1.807) is 6.20 Å². The highest BCUT2D eigenvalue weighted by atomic mass is 16.5. The van der Waals surface area contributed by atoms with Crippen LogP contribution in [0, 0.1) is 0 Å². The third-order valence-corrected chi connectivity index (χ3v) is 3.15. The summed E-state index contributed by atoms with van der Waals surface area (Å²) in [6.07, 6.45) is 4.00. The maximum absolute atomic E-state index is 11.8. The number of nitrogens with one attached hydrogen (secondary N) is 1.